The van der Waals surface area contributed by atoms with Gasteiger partial charge in [0.25, 0.3) is 0 Å². The van der Waals surface area contributed by atoms with E-state index >= 15 is 0 Å². The smallest absolute Gasteiger partial charge is 0.180 e. The maximum Gasteiger partial charge on any atom is 0.180 e. The van der Waals surface area contributed by atoms with Gasteiger partial charge in [-0.1, -0.05) is 215 Å². The van der Waals surface area contributed by atoms with E-state index in [1.807, 2.05) is 183 Å². The van der Waals surface area contributed by atoms with Gasteiger partial charge in [-0.05, 0) is 33.4 Å². The van der Waals surface area contributed by atoms with Gasteiger partial charge in [0.1, 0.15) is 0 Å². The van der Waals surface area contributed by atoms with Gasteiger partial charge in [-0.25, -0.2) is 29.9 Å². The van der Waals surface area contributed by atoms with E-state index in [1.165, 1.54) is 0 Å². The van der Waals surface area contributed by atoms with Crippen LogP contribution in [0.2, 0.25) is 0 Å². The molecule has 6 aromatic carbocycles. The Labute approximate surface area is 513 Å². The molecule has 0 fully saturated rings. The van der Waals surface area contributed by atoms with E-state index in [4.69, 9.17) is 99.5 Å². The van der Waals surface area contributed by atoms with Crippen LogP contribution >= 0.6 is 69.6 Å². The maximum atomic E-state index is 4.99. The number of hydrogen-bond acceptors (Lipinski definition) is 15. The minimum atomic E-state index is -0.750. The fourth-order valence-corrected chi connectivity index (χ4v) is 8.09. The van der Waals surface area contributed by atoms with Crippen molar-refractivity contribution in [2.75, 3.05) is 78.5 Å². The SMILES string of the molecule is C1=NCCNCCN=Cc2ccc(cc2)-c2nc3nc(n2)-c2ccc(cc2)C=NCCNCCN=Cc2ccc(cc2)-c2nc(nc(n2)-c2ccc(cc2)C=NCCNCCN=Cc2ccc-3cc2)-c2ccc1cc2.ClC(Cl)Cl.ClC(Cl)Cl. The number of hydrogen-bond donors (Lipinski definition) is 3. The van der Waals surface area contributed by atoms with Crippen LogP contribution in [0.25, 0.3) is 68.3 Å². The first-order valence-corrected chi connectivity index (χ1v) is 29.3. The van der Waals surface area contributed by atoms with Crippen molar-refractivity contribution in [2.45, 2.75) is 8.59 Å². The highest BCUT2D eigenvalue weighted by molar-refractivity contribution is 6.63. The molecule has 21 heteroatoms. The van der Waals surface area contributed by atoms with E-state index < -0.39 is 8.59 Å². The van der Waals surface area contributed by atoms with Gasteiger partial charge in [-0.3, -0.25) is 30.0 Å². The standard InChI is InChI=1S/C60H57N15.2CHCl3/c1-13-49-14-2-43(1)37-64-31-25-61-26-32-65-40-46-7-19-52(20-8-46)58-73-59-53-21-9-47(10-22-53)41-68-35-29-62-27-33-66-38-44-3-15-50(16-4-44)56-70-55(49)71-57(72-56)51-17-5-45(6-18-51)39-67-34-28-63-30-36-69-42-48-11-23-54(24-12-48)60(74-58)75-59;2*2-1(3)4/h1-24,37-42,61-63H,25-36H2;2*1H. The molecule has 0 unspecified atom stereocenters. The number of nitrogens with one attached hydrogen (secondary N) is 3. The number of benzene rings is 6. The molecule has 8 aromatic rings. The van der Waals surface area contributed by atoms with E-state index in [0.717, 1.165) is 106 Å². The van der Waals surface area contributed by atoms with Crippen LogP contribution in [-0.4, -0.2) is 154 Å². The first-order valence-electron chi connectivity index (χ1n) is 26.7. The topological polar surface area (TPSA) is 188 Å². The van der Waals surface area contributed by atoms with Gasteiger partial charge in [-0.15, -0.1) is 0 Å². The lowest BCUT2D eigenvalue weighted by Gasteiger charge is -2.09. The van der Waals surface area contributed by atoms with Gasteiger partial charge < -0.3 is 16.0 Å². The molecule has 424 valence electrons. The Hall–Kier alpha value is -7.02. The van der Waals surface area contributed by atoms with Crippen LogP contribution in [0.5, 0.6) is 0 Å². The molecule has 0 amide bonds. The van der Waals surface area contributed by atoms with Crippen LogP contribution in [-0.2, 0) is 0 Å². The molecule has 83 heavy (non-hydrogen) atoms. The minimum absolute atomic E-state index is 0.582. The molecule has 0 saturated heterocycles. The largest absolute Gasteiger partial charge is 0.313 e. The average Bonchev–Trinajstić information content (AvgIpc) is 3.67. The molecular formula is C62H59Cl6N15. The summed E-state index contributed by atoms with van der Waals surface area (Å²) in [6.45, 7) is 8.23. The Morgan fingerprint density at radius 1 is 0.229 bits per heavy atom. The highest BCUT2D eigenvalue weighted by atomic mass is 35.6. The van der Waals surface area contributed by atoms with Crippen molar-refractivity contribution in [1.82, 2.24) is 45.9 Å². The van der Waals surface area contributed by atoms with Crippen molar-refractivity contribution in [2.24, 2.45) is 30.0 Å². The van der Waals surface area contributed by atoms with E-state index in [2.05, 4.69) is 45.9 Å². The third kappa shape index (κ3) is 21.3. The number of aromatic nitrogens is 6. The summed E-state index contributed by atoms with van der Waals surface area (Å²) in [5.74, 6) is 3.49. The Balaban J connectivity index is 0.00000106. The Morgan fingerprint density at radius 2 is 0.361 bits per heavy atom. The summed E-state index contributed by atoms with van der Waals surface area (Å²) in [6, 6.07) is 48.8. The zero-order valence-corrected chi connectivity index (χ0v) is 49.6. The van der Waals surface area contributed by atoms with Gasteiger partial charge >= 0.3 is 0 Å². The van der Waals surface area contributed by atoms with Crippen LogP contribution in [0.1, 0.15) is 33.4 Å². The van der Waals surface area contributed by atoms with Gasteiger partial charge in [-0.2, -0.15) is 0 Å². The Bertz CT molecular complexity index is 2840. The predicted octanol–water partition coefficient (Wildman–Crippen LogP) is 12.0. The van der Waals surface area contributed by atoms with E-state index in [0.29, 0.717) is 74.2 Å². The average molecular weight is 1230 g/mol. The van der Waals surface area contributed by atoms with Crippen molar-refractivity contribution in [3.63, 3.8) is 0 Å². The lowest BCUT2D eigenvalue weighted by molar-refractivity contribution is 0.699. The quantitative estimate of drug-likeness (QED) is 0.124. The fourth-order valence-electron chi connectivity index (χ4n) is 8.09. The summed E-state index contributed by atoms with van der Waals surface area (Å²) >= 11 is 28.8. The number of nitrogens with zero attached hydrogens (tertiary/aromatic N) is 12. The summed E-state index contributed by atoms with van der Waals surface area (Å²) in [7, 11) is 0. The second-order valence-corrected chi connectivity index (χ2v) is 22.3. The molecule has 0 atom stereocenters. The van der Waals surface area contributed by atoms with Gasteiger partial charge in [0.05, 0.1) is 39.3 Å². The third-order valence-corrected chi connectivity index (χ3v) is 12.2. The first-order chi connectivity index (χ1) is 40.6. The number of aliphatic imine (C=N–C) groups is 6. The highest BCUT2D eigenvalue weighted by Gasteiger charge is 2.15. The minimum Gasteiger partial charge on any atom is -0.313 e. The summed E-state index contributed by atoms with van der Waals surface area (Å²) < 4.78 is -1.50. The van der Waals surface area contributed by atoms with E-state index in [1.54, 1.807) is 0 Å². The molecule has 29 rings (SSSR count). The summed E-state index contributed by atoms with van der Waals surface area (Å²) in [6.07, 6.45) is 11.4. The van der Waals surface area contributed by atoms with Crippen LogP contribution in [0.15, 0.2) is 176 Å². The Kier molecular flexibility index (Phi) is 25.4. The molecule has 18 bridgehead atoms. The maximum absolute atomic E-state index is 4.99. The normalized spacial score (nSPS) is 14.3. The second-order valence-electron chi connectivity index (χ2n) is 18.3. The molecule has 21 aliphatic heterocycles. The molecule has 0 spiro atoms. The van der Waals surface area contributed by atoms with Crippen molar-refractivity contribution in [1.29, 1.82) is 0 Å². The molecule has 0 aliphatic carbocycles. The van der Waals surface area contributed by atoms with Crippen molar-refractivity contribution < 1.29 is 0 Å². The number of rotatable bonds is 0. The number of halogens is 6. The monoisotopic (exact) mass is 1220 g/mol. The summed E-state index contributed by atoms with van der Waals surface area (Å²) in [5, 5.41) is 10.3. The van der Waals surface area contributed by atoms with Crippen molar-refractivity contribution in [3.05, 3.63) is 179 Å². The lowest BCUT2D eigenvalue weighted by Crippen LogP contribution is -2.20. The van der Waals surface area contributed by atoms with E-state index in [-0.39, 0.29) is 0 Å². The van der Waals surface area contributed by atoms with Crippen LogP contribution < -0.4 is 16.0 Å². The van der Waals surface area contributed by atoms with Gasteiger partial charge in [0.2, 0.25) is 0 Å². The second kappa shape index (κ2) is 33.9. The molecule has 23 heterocycles. The molecule has 0 radical (unpaired) electrons. The molecule has 3 N–H and O–H groups in total. The van der Waals surface area contributed by atoms with Crippen molar-refractivity contribution in [3.8, 4) is 68.3 Å². The molecule has 21 aliphatic rings. The Morgan fingerprint density at radius 3 is 0.494 bits per heavy atom. The first kappa shape index (κ1) is 62.0. The zero-order chi connectivity index (χ0) is 57.9. The zero-order valence-electron chi connectivity index (χ0n) is 45.1. The number of alkyl halides is 6. The van der Waals surface area contributed by atoms with Crippen LogP contribution in [0.4, 0.5) is 0 Å². The third-order valence-electron chi connectivity index (χ3n) is 12.2. The predicted molar refractivity (Wildman–Crippen MR) is 348 cm³/mol. The molecule has 2 aromatic heterocycles. The summed E-state index contributed by atoms with van der Waals surface area (Å²) in [4.78, 5) is 58.0. The summed E-state index contributed by atoms with van der Waals surface area (Å²) in [5.41, 5.74) is 11.2. The van der Waals surface area contributed by atoms with Gasteiger partial charge in [0, 0.05) is 110 Å². The molecular weight excluding hydrogens is 1170 g/mol. The fraction of sp³-hybridized carbons (Fsp3) is 0.226. The lowest BCUT2D eigenvalue weighted by atomic mass is 10.1. The molecule has 0 saturated carbocycles. The van der Waals surface area contributed by atoms with Crippen LogP contribution in [0.3, 0.4) is 0 Å². The van der Waals surface area contributed by atoms with Crippen molar-refractivity contribution >= 4 is 107 Å². The van der Waals surface area contributed by atoms with E-state index in [9.17, 15) is 0 Å². The molecule has 15 nitrogen and oxygen atoms in total. The van der Waals surface area contributed by atoms with Crippen LogP contribution in [0, 0.1) is 0 Å². The highest BCUT2D eigenvalue weighted by Crippen LogP contribution is 2.28. The van der Waals surface area contributed by atoms with Gasteiger partial charge in [0.15, 0.2) is 43.5 Å².